The highest BCUT2D eigenvalue weighted by Crippen LogP contribution is 2.02. The molecule has 0 saturated heterocycles. The molecule has 0 atom stereocenters. The fourth-order valence-electron chi connectivity index (χ4n) is 0.958. The summed E-state index contributed by atoms with van der Waals surface area (Å²) in [7, 11) is 0. The molecular weight excluding hydrogens is 204 g/mol. The highest BCUT2D eigenvalue weighted by atomic mass is 32.1. The zero-order chi connectivity index (χ0) is 10.9. The lowest BCUT2D eigenvalue weighted by atomic mass is 10.1. The Balaban J connectivity index is 0.000000187. The van der Waals surface area contributed by atoms with Crippen LogP contribution < -0.4 is 0 Å². The highest BCUT2D eigenvalue weighted by molar-refractivity contribution is 7.07. The van der Waals surface area contributed by atoms with Crippen LogP contribution in [0.15, 0.2) is 47.2 Å². The van der Waals surface area contributed by atoms with Gasteiger partial charge in [-0.05, 0) is 16.8 Å². The molecule has 74 valence electrons. The number of benzene rings is 1. The largest absolute Gasteiger partial charge is 0.298 e. The van der Waals surface area contributed by atoms with Crippen LogP contribution in [0.3, 0.4) is 0 Å². The molecule has 0 N–H and O–H groups in total. The van der Waals surface area contributed by atoms with Crippen molar-refractivity contribution in [2.75, 3.05) is 0 Å². The van der Waals surface area contributed by atoms with Gasteiger partial charge in [-0.15, -0.1) is 6.42 Å². The average Bonchev–Trinajstić information content (AvgIpc) is 2.87. The minimum absolute atomic E-state index is 0.574. The first-order chi connectivity index (χ1) is 7.38. The lowest BCUT2D eigenvalue weighted by Gasteiger charge is -1.91. The molecule has 2 aromatic rings. The number of thiophene rings is 1. The van der Waals surface area contributed by atoms with Crippen LogP contribution >= 0.6 is 11.3 Å². The maximum Gasteiger partial charge on any atom is 0.151 e. The molecule has 0 radical (unpaired) electrons. The van der Waals surface area contributed by atoms with Gasteiger partial charge in [-0.1, -0.05) is 36.3 Å². The number of carbonyl (C=O) groups excluding carboxylic acids is 1. The van der Waals surface area contributed by atoms with Crippen molar-refractivity contribution in [3.8, 4) is 12.3 Å². The fourth-order valence-corrected chi connectivity index (χ4v) is 1.41. The van der Waals surface area contributed by atoms with Crippen molar-refractivity contribution in [1.29, 1.82) is 0 Å². The zero-order valence-electron chi connectivity index (χ0n) is 8.09. The van der Waals surface area contributed by atoms with Gasteiger partial charge in [-0.3, -0.25) is 4.79 Å². The molecule has 0 fully saturated rings. The van der Waals surface area contributed by atoms with Crippen LogP contribution in [0.4, 0.5) is 0 Å². The minimum Gasteiger partial charge on any atom is -0.298 e. The number of carbonyl (C=O) groups is 1. The molecule has 1 heterocycles. The molecule has 0 unspecified atom stereocenters. The molecule has 0 saturated carbocycles. The maximum absolute atomic E-state index is 10.3. The molecule has 0 aliphatic rings. The van der Waals surface area contributed by atoms with Gasteiger partial charge >= 0.3 is 0 Å². The summed E-state index contributed by atoms with van der Waals surface area (Å²) in [5, 5.41) is 4.08. The van der Waals surface area contributed by atoms with Crippen LogP contribution in [0.5, 0.6) is 0 Å². The third-order valence-electron chi connectivity index (χ3n) is 1.67. The van der Waals surface area contributed by atoms with E-state index < -0.39 is 0 Å². The number of aldehydes is 1. The van der Waals surface area contributed by atoms with E-state index in [0.717, 1.165) is 6.29 Å². The summed E-state index contributed by atoms with van der Waals surface area (Å²) in [6, 6.07) is 11.1. The summed E-state index contributed by atoms with van der Waals surface area (Å²) in [5.74, 6) is 2.42. The van der Waals surface area contributed by atoms with Gasteiger partial charge in [-0.25, -0.2) is 0 Å². The second kappa shape index (κ2) is 6.58. The lowest BCUT2D eigenvalue weighted by Crippen LogP contribution is -1.84. The van der Waals surface area contributed by atoms with Crippen molar-refractivity contribution in [3.63, 3.8) is 0 Å². The Morgan fingerprint density at radius 3 is 2.20 bits per heavy atom. The Morgan fingerprint density at radius 2 is 1.80 bits per heavy atom. The Morgan fingerprint density at radius 1 is 1.13 bits per heavy atom. The number of rotatable bonds is 1. The third-order valence-corrected chi connectivity index (χ3v) is 2.30. The molecule has 1 aromatic heterocycles. The molecule has 0 bridgehead atoms. The quantitative estimate of drug-likeness (QED) is 0.526. The first-order valence-corrected chi connectivity index (χ1v) is 5.30. The second-order valence-corrected chi connectivity index (χ2v) is 3.46. The van der Waals surface area contributed by atoms with E-state index >= 15 is 0 Å². The Hall–Kier alpha value is -1.85. The number of terminal acetylenes is 1. The monoisotopic (exact) mass is 214 g/mol. The molecule has 0 aliphatic carbocycles. The lowest BCUT2D eigenvalue weighted by molar-refractivity contribution is 0.112. The van der Waals surface area contributed by atoms with Crippen molar-refractivity contribution < 1.29 is 4.79 Å². The zero-order valence-corrected chi connectivity index (χ0v) is 8.91. The van der Waals surface area contributed by atoms with Crippen molar-refractivity contribution in [2.45, 2.75) is 0 Å². The van der Waals surface area contributed by atoms with Gasteiger partial charge in [0, 0.05) is 11.1 Å². The molecule has 1 aromatic carbocycles. The van der Waals surface area contributed by atoms with E-state index in [-0.39, 0.29) is 0 Å². The van der Waals surface area contributed by atoms with E-state index in [1.165, 1.54) is 0 Å². The van der Waals surface area contributed by atoms with Crippen LogP contribution in [-0.2, 0) is 0 Å². The Kier molecular flexibility index (Phi) is 4.93. The first-order valence-electron chi connectivity index (χ1n) is 4.36. The summed E-state index contributed by atoms with van der Waals surface area (Å²) in [6.07, 6.45) is 5.88. The van der Waals surface area contributed by atoms with Gasteiger partial charge in [0.05, 0.1) is 0 Å². The van der Waals surface area contributed by atoms with Crippen LogP contribution in [0.25, 0.3) is 0 Å². The van der Waals surface area contributed by atoms with Crippen LogP contribution in [0.1, 0.15) is 15.9 Å². The molecular formula is C13H10OS. The SMILES string of the molecule is C#Cc1ccccc1C=O.c1ccsc1. The Labute approximate surface area is 93.4 Å². The molecule has 2 rings (SSSR count). The van der Waals surface area contributed by atoms with Gasteiger partial charge < -0.3 is 0 Å². The van der Waals surface area contributed by atoms with E-state index in [2.05, 4.69) is 5.92 Å². The van der Waals surface area contributed by atoms with Crippen molar-refractivity contribution >= 4 is 17.6 Å². The molecule has 2 heteroatoms. The van der Waals surface area contributed by atoms with Gasteiger partial charge in [0.2, 0.25) is 0 Å². The van der Waals surface area contributed by atoms with Crippen molar-refractivity contribution in [2.24, 2.45) is 0 Å². The standard InChI is InChI=1S/C9H6O.C4H4S/c1-2-8-5-3-4-6-9(8)7-10;1-2-4-5-3-1/h1,3-7H;1-4H. The van der Waals surface area contributed by atoms with E-state index in [1.54, 1.807) is 29.5 Å². The van der Waals surface area contributed by atoms with Crippen LogP contribution in [-0.4, -0.2) is 6.29 Å². The topological polar surface area (TPSA) is 17.1 Å². The van der Waals surface area contributed by atoms with E-state index in [9.17, 15) is 4.79 Å². The summed E-state index contributed by atoms with van der Waals surface area (Å²) in [4.78, 5) is 10.3. The number of hydrogen-bond donors (Lipinski definition) is 0. The normalized spacial score (nSPS) is 8.20. The van der Waals surface area contributed by atoms with Gasteiger partial charge in [0.1, 0.15) is 0 Å². The molecule has 0 amide bonds. The second-order valence-electron chi connectivity index (χ2n) is 2.64. The van der Waals surface area contributed by atoms with Crippen molar-refractivity contribution in [1.82, 2.24) is 0 Å². The van der Waals surface area contributed by atoms with Gasteiger partial charge in [0.15, 0.2) is 6.29 Å². The molecule has 15 heavy (non-hydrogen) atoms. The summed E-state index contributed by atoms with van der Waals surface area (Å²) < 4.78 is 0. The maximum atomic E-state index is 10.3. The Bertz CT molecular complexity index is 421. The van der Waals surface area contributed by atoms with Crippen LogP contribution in [0.2, 0.25) is 0 Å². The van der Waals surface area contributed by atoms with E-state index in [4.69, 9.17) is 6.42 Å². The van der Waals surface area contributed by atoms with Crippen molar-refractivity contribution in [3.05, 3.63) is 58.3 Å². The summed E-state index contributed by atoms with van der Waals surface area (Å²) >= 11 is 1.71. The average molecular weight is 214 g/mol. The van der Waals surface area contributed by atoms with Gasteiger partial charge in [0.25, 0.3) is 0 Å². The predicted molar refractivity (Wildman–Crippen MR) is 64.1 cm³/mol. The first kappa shape index (κ1) is 11.2. The molecule has 0 aliphatic heterocycles. The van der Waals surface area contributed by atoms with E-state index in [0.29, 0.717) is 11.1 Å². The predicted octanol–water partition coefficient (Wildman–Crippen LogP) is 3.23. The third kappa shape index (κ3) is 3.80. The fraction of sp³-hybridized carbons (Fsp3) is 0. The smallest absolute Gasteiger partial charge is 0.151 e. The summed E-state index contributed by atoms with van der Waals surface area (Å²) in [6.45, 7) is 0. The highest BCUT2D eigenvalue weighted by Gasteiger charge is 1.93. The van der Waals surface area contributed by atoms with Crippen LogP contribution in [0, 0.1) is 12.3 Å². The minimum atomic E-state index is 0.574. The summed E-state index contributed by atoms with van der Waals surface area (Å²) in [5.41, 5.74) is 1.22. The molecule has 0 spiro atoms. The van der Waals surface area contributed by atoms with E-state index in [1.807, 2.05) is 29.0 Å². The number of hydrogen-bond acceptors (Lipinski definition) is 2. The van der Waals surface area contributed by atoms with Gasteiger partial charge in [-0.2, -0.15) is 11.3 Å². The molecule has 1 nitrogen and oxygen atoms in total.